The fraction of sp³-hybridized carbons (Fsp3) is 0.643. The molecule has 0 radical (unpaired) electrons. The van der Waals surface area contributed by atoms with Crippen molar-refractivity contribution in [2.75, 3.05) is 5.32 Å². The highest BCUT2D eigenvalue weighted by Gasteiger charge is 2.25. The summed E-state index contributed by atoms with van der Waals surface area (Å²) in [7, 11) is 0. The lowest BCUT2D eigenvalue weighted by Gasteiger charge is -2.33. The number of nitriles is 1. The van der Waals surface area contributed by atoms with Crippen LogP contribution < -0.4 is 5.32 Å². The quantitative estimate of drug-likeness (QED) is 0.869. The van der Waals surface area contributed by atoms with Gasteiger partial charge in [0.05, 0.1) is 0 Å². The summed E-state index contributed by atoms with van der Waals surface area (Å²) in [6.07, 6.45) is 3.65. The van der Waals surface area contributed by atoms with Crippen LogP contribution in [-0.4, -0.2) is 16.0 Å². The lowest BCUT2D eigenvalue weighted by molar-refractivity contribution is 0.276. The van der Waals surface area contributed by atoms with Crippen molar-refractivity contribution < 1.29 is 0 Å². The molecule has 1 aromatic rings. The largest absolute Gasteiger partial charge is 0.351 e. The van der Waals surface area contributed by atoms with Crippen molar-refractivity contribution in [2.24, 2.45) is 11.8 Å². The van der Waals surface area contributed by atoms with Crippen LogP contribution in [0.5, 0.6) is 0 Å². The van der Waals surface area contributed by atoms with Crippen molar-refractivity contribution in [3.63, 3.8) is 0 Å². The van der Waals surface area contributed by atoms with Crippen LogP contribution in [0.25, 0.3) is 0 Å². The van der Waals surface area contributed by atoms with E-state index in [0.717, 1.165) is 18.0 Å². The maximum Gasteiger partial charge on any atom is 0.224 e. The Morgan fingerprint density at radius 2 is 2.11 bits per heavy atom. The normalized spacial score (nSPS) is 27.6. The average molecular weight is 244 g/mol. The van der Waals surface area contributed by atoms with Crippen LogP contribution in [0.15, 0.2) is 6.07 Å². The monoisotopic (exact) mass is 244 g/mol. The number of nitrogens with zero attached hydrogens (tertiary/aromatic N) is 3. The maximum absolute atomic E-state index is 8.91. The van der Waals surface area contributed by atoms with Gasteiger partial charge in [-0.05, 0) is 44.1 Å². The third-order valence-corrected chi connectivity index (χ3v) is 3.71. The highest BCUT2D eigenvalue weighted by atomic mass is 15.1. The third kappa shape index (κ3) is 2.98. The molecule has 0 aromatic carbocycles. The molecule has 0 bridgehead atoms. The number of rotatable bonds is 2. The van der Waals surface area contributed by atoms with Gasteiger partial charge in [-0.3, -0.25) is 0 Å². The zero-order chi connectivity index (χ0) is 13.1. The van der Waals surface area contributed by atoms with Gasteiger partial charge < -0.3 is 5.32 Å². The molecule has 0 amide bonds. The molecule has 0 saturated heterocycles. The summed E-state index contributed by atoms with van der Waals surface area (Å²) in [4.78, 5) is 8.57. The second kappa shape index (κ2) is 5.34. The van der Waals surface area contributed by atoms with Gasteiger partial charge in [0, 0.05) is 11.7 Å². The minimum Gasteiger partial charge on any atom is -0.351 e. The summed E-state index contributed by atoms with van der Waals surface area (Å²) in [5.74, 6) is 2.03. The van der Waals surface area contributed by atoms with Gasteiger partial charge in [0.25, 0.3) is 0 Å². The zero-order valence-corrected chi connectivity index (χ0v) is 11.3. The molecule has 1 saturated carbocycles. The van der Waals surface area contributed by atoms with Crippen LogP contribution in [0.2, 0.25) is 0 Å². The molecule has 1 heterocycles. The van der Waals surface area contributed by atoms with E-state index in [-0.39, 0.29) is 0 Å². The molecule has 4 heteroatoms. The van der Waals surface area contributed by atoms with Crippen molar-refractivity contribution in [2.45, 2.75) is 46.1 Å². The SMILES string of the molecule is Cc1cc(C#N)nc(NC2CCC(C)CC2C)n1. The van der Waals surface area contributed by atoms with Crippen molar-refractivity contribution >= 4 is 5.95 Å². The van der Waals surface area contributed by atoms with Crippen LogP contribution >= 0.6 is 0 Å². The van der Waals surface area contributed by atoms with Crippen molar-refractivity contribution in [1.82, 2.24) is 9.97 Å². The van der Waals surface area contributed by atoms with Gasteiger partial charge in [-0.15, -0.1) is 0 Å². The Morgan fingerprint density at radius 1 is 1.33 bits per heavy atom. The Hall–Kier alpha value is -1.63. The van der Waals surface area contributed by atoms with E-state index in [9.17, 15) is 0 Å². The molecule has 2 rings (SSSR count). The lowest BCUT2D eigenvalue weighted by atomic mass is 9.80. The fourth-order valence-electron chi connectivity index (χ4n) is 2.74. The minimum atomic E-state index is 0.426. The first-order chi connectivity index (χ1) is 8.58. The summed E-state index contributed by atoms with van der Waals surface area (Å²) in [5.41, 5.74) is 1.27. The molecule has 0 spiro atoms. The Labute approximate surface area is 108 Å². The van der Waals surface area contributed by atoms with Gasteiger partial charge in [-0.2, -0.15) is 5.26 Å². The Kier molecular flexibility index (Phi) is 3.81. The van der Waals surface area contributed by atoms with E-state index in [0.29, 0.717) is 23.6 Å². The summed E-state index contributed by atoms with van der Waals surface area (Å²) in [6, 6.07) is 4.20. The van der Waals surface area contributed by atoms with Crippen LogP contribution in [0.3, 0.4) is 0 Å². The summed E-state index contributed by atoms with van der Waals surface area (Å²) in [6.45, 7) is 6.47. The van der Waals surface area contributed by atoms with Gasteiger partial charge in [0.2, 0.25) is 5.95 Å². The van der Waals surface area contributed by atoms with Gasteiger partial charge in [-0.1, -0.05) is 13.8 Å². The number of hydrogen-bond acceptors (Lipinski definition) is 4. The Bertz CT molecular complexity index is 463. The Morgan fingerprint density at radius 3 is 2.78 bits per heavy atom. The minimum absolute atomic E-state index is 0.426. The predicted molar refractivity (Wildman–Crippen MR) is 71.1 cm³/mol. The summed E-state index contributed by atoms with van der Waals surface area (Å²) < 4.78 is 0. The number of hydrogen-bond donors (Lipinski definition) is 1. The van der Waals surface area contributed by atoms with E-state index in [2.05, 4.69) is 35.2 Å². The number of aryl methyl sites for hydroxylation is 1. The first-order valence-electron chi connectivity index (χ1n) is 6.61. The van der Waals surface area contributed by atoms with E-state index in [1.807, 2.05) is 6.92 Å². The fourth-order valence-corrected chi connectivity index (χ4v) is 2.74. The molecule has 1 aromatic heterocycles. The first kappa shape index (κ1) is 12.8. The molecular formula is C14H20N4. The van der Waals surface area contributed by atoms with Crippen LogP contribution in [0.4, 0.5) is 5.95 Å². The molecule has 1 aliphatic carbocycles. The second-order valence-corrected chi connectivity index (χ2v) is 5.48. The van der Waals surface area contributed by atoms with Gasteiger partial charge in [0.1, 0.15) is 11.8 Å². The Balaban J connectivity index is 2.10. The van der Waals surface area contributed by atoms with Gasteiger partial charge >= 0.3 is 0 Å². The van der Waals surface area contributed by atoms with Gasteiger partial charge in [0.15, 0.2) is 0 Å². The molecule has 0 aliphatic heterocycles. The molecule has 3 unspecified atom stereocenters. The highest BCUT2D eigenvalue weighted by molar-refractivity contribution is 5.34. The van der Waals surface area contributed by atoms with Crippen molar-refractivity contribution in [3.8, 4) is 6.07 Å². The van der Waals surface area contributed by atoms with E-state index in [1.165, 1.54) is 12.8 Å². The zero-order valence-electron chi connectivity index (χ0n) is 11.3. The summed E-state index contributed by atoms with van der Waals surface area (Å²) in [5, 5.41) is 12.3. The smallest absolute Gasteiger partial charge is 0.224 e. The van der Waals surface area contributed by atoms with E-state index in [4.69, 9.17) is 5.26 Å². The van der Waals surface area contributed by atoms with Crippen molar-refractivity contribution in [1.29, 1.82) is 5.26 Å². The lowest BCUT2D eigenvalue weighted by Crippen LogP contribution is -2.33. The van der Waals surface area contributed by atoms with E-state index >= 15 is 0 Å². The van der Waals surface area contributed by atoms with E-state index < -0.39 is 0 Å². The highest BCUT2D eigenvalue weighted by Crippen LogP contribution is 2.30. The number of nitrogens with one attached hydrogen (secondary N) is 1. The molecule has 1 N–H and O–H groups in total. The van der Waals surface area contributed by atoms with Gasteiger partial charge in [-0.25, -0.2) is 9.97 Å². The molecular weight excluding hydrogens is 224 g/mol. The van der Waals surface area contributed by atoms with Crippen LogP contribution in [0.1, 0.15) is 44.5 Å². The third-order valence-electron chi connectivity index (χ3n) is 3.71. The second-order valence-electron chi connectivity index (χ2n) is 5.48. The number of anilines is 1. The van der Waals surface area contributed by atoms with Crippen molar-refractivity contribution in [3.05, 3.63) is 17.5 Å². The topological polar surface area (TPSA) is 61.6 Å². The molecule has 1 fully saturated rings. The molecule has 96 valence electrons. The molecule has 3 atom stereocenters. The summed E-state index contributed by atoms with van der Waals surface area (Å²) >= 11 is 0. The van der Waals surface area contributed by atoms with E-state index in [1.54, 1.807) is 6.07 Å². The average Bonchev–Trinajstić information content (AvgIpc) is 2.32. The predicted octanol–water partition coefficient (Wildman–Crippen LogP) is 2.89. The molecule has 1 aliphatic rings. The maximum atomic E-state index is 8.91. The number of aromatic nitrogens is 2. The standard InChI is InChI=1S/C14H20N4/c1-9-4-5-13(10(2)6-9)18-14-16-11(3)7-12(8-15)17-14/h7,9-10,13H,4-6H2,1-3H3,(H,16,17,18). The van der Waals surface area contributed by atoms with Crippen LogP contribution in [-0.2, 0) is 0 Å². The first-order valence-corrected chi connectivity index (χ1v) is 6.61. The molecule has 18 heavy (non-hydrogen) atoms. The van der Waals surface area contributed by atoms with Crippen LogP contribution in [0, 0.1) is 30.1 Å². The molecule has 4 nitrogen and oxygen atoms in total.